The molecule has 2 aromatic carbocycles. The van der Waals surface area contributed by atoms with Crippen LogP contribution in [0.2, 0.25) is 0 Å². The van der Waals surface area contributed by atoms with Crippen LogP contribution in [0.3, 0.4) is 0 Å². The number of sulfonamides is 1. The number of rotatable bonds is 6. The number of nitriles is 1. The van der Waals surface area contributed by atoms with E-state index in [0.29, 0.717) is 16.9 Å². The summed E-state index contributed by atoms with van der Waals surface area (Å²) in [4.78, 5) is 12.2. The van der Waals surface area contributed by atoms with E-state index in [9.17, 15) is 13.2 Å². The van der Waals surface area contributed by atoms with Crippen LogP contribution in [0.1, 0.15) is 17.5 Å². The molecule has 6 nitrogen and oxygen atoms in total. The summed E-state index contributed by atoms with van der Waals surface area (Å²) in [5.41, 5.74) is 2.50. The Morgan fingerprint density at radius 3 is 2.36 bits per heavy atom. The quantitative estimate of drug-likeness (QED) is 0.860. The van der Waals surface area contributed by atoms with Gasteiger partial charge in [-0.3, -0.25) is 9.10 Å². The summed E-state index contributed by atoms with van der Waals surface area (Å²) in [6.45, 7) is 1.90. The Kier molecular flexibility index (Phi) is 5.78. The van der Waals surface area contributed by atoms with Gasteiger partial charge in [0.1, 0.15) is 0 Å². The molecule has 0 radical (unpaired) electrons. The summed E-state index contributed by atoms with van der Waals surface area (Å²) in [7, 11) is -3.54. The van der Waals surface area contributed by atoms with Crippen LogP contribution < -0.4 is 9.62 Å². The molecule has 130 valence electrons. The van der Waals surface area contributed by atoms with Crippen molar-refractivity contribution < 1.29 is 13.2 Å². The number of carbonyl (C=O) groups is 1. The molecule has 0 saturated carbocycles. The van der Waals surface area contributed by atoms with Crippen molar-refractivity contribution in [3.63, 3.8) is 0 Å². The minimum atomic E-state index is -3.54. The van der Waals surface area contributed by atoms with Gasteiger partial charge in [-0.2, -0.15) is 5.26 Å². The summed E-state index contributed by atoms with van der Waals surface area (Å²) >= 11 is 0. The maximum atomic E-state index is 12.2. The molecule has 7 heteroatoms. The van der Waals surface area contributed by atoms with Crippen molar-refractivity contribution in [1.82, 2.24) is 0 Å². The number of carbonyl (C=O) groups excluding carboxylic acids is 1. The third kappa shape index (κ3) is 5.06. The number of hydrogen-bond donors (Lipinski definition) is 1. The summed E-state index contributed by atoms with van der Waals surface area (Å²) in [5.74, 6) is -0.267. The van der Waals surface area contributed by atoms with Crippen LogP contribution in [-0.4, -0.2) is 27.1 Å². The molecule has 0 unspecified atom stereocenters. The van der Waals surface area contributed by atoms with Gasteiger partial charge in [0.05, 0.1) is 23.6 Å². The highest BCUT2D eigenvalue weighted by atomic mass is 32.2. The van der Waals surface area contributed by atoms with Crippen molar-refractivity contribution >= 4 is 27.3 Å². The Morgan fingerprint density at radius 2 is 1.80 bits per heavy atom. The van der Waals surface area contributed by atoms with Crippen LogP contribution in [0.15, 0.2) is 48.5 Å². The predicted octanol–water partition coefficient (Wildman–Crippen LogP) is 2.66. The lowest BCUT2D eigenvalue weighted by molar-refractivity contribution is -0.116. The molecule has 0 atom stereocenters. The Balaban J connectivity index is 2.09. The molecule has 0 fully saturated rings. The highest BCUT2D eigenvalue weighted by Crippen LogP contribution is 2.19. The van der Waals surface area contributed by atoms with Gasteiger partial charge >= 0.3 is 0 Å². The number of anilines is 2. The molecule has 0 bridgehead atoms. The molecular weight excluding hydrogens is 338 g/mol. The van der Waals surface area contributed by atoms with Gasteiger partial charge in [0, 0.05) is 18.7 Å². The highest BCUT2D eigenvalue weighted by molar-refractivity contribution is 7.92. The Hall–Kier alpha value is -2.85. The number of amides is 1. The van der Waals surface area contributed by atoms with E-state index in [-0.39, 0.29) is 18.9 Å². The van der Waals surface area contributed by atoms with E-state index >= 15 is 0 Å². The van der Waals surface area contributed by atoms with Gasteiger partial charge in [-0.25, -0.2) is 8.42 Å². The standard InChI is InChI=1S/C18H19N3O3S/c1-14-5-3-4-6-17(14)20-18(22)11-12-21(25(2,23)24)16-9-7-15(13-19)8-10-16/h3-10H,11-12H2,1-2H3,(H,20,22). The van der Waals surface area contributed by atoms with Crippen molar-refractivity contribution in [2.24, 2.45) is 0 Å². The molecule has 0 aromatic heterocycles. The summed E-state index contributed by atoms with van der Waals surface area (Å²) in [5, 5.41) is 11.6. The highest BCUT2D eigenvalue weighted by Gasteiger charge is 2.18. The molecule has 2 aromatic rings. The Bertz CT molecular complexity index is 900. The first-order valence-corrected chi connectivity index (χ1v) is 9.49. The topological polar surface area (TPSA) is 90.3 Å². The zero-order chi connectivity index (χ0) is 18.4. The van der Waals surface area contributed by atoms with Gasteiger partial charge < -0.3 is 5.32 Å². The Morgan fingerprint density at radius 1 is 1.16 bits per heavy atom. The minimum Gasteiger partial charge on any atom is -0.326 e. The van der Waals surface area contributed by atoms with Crippen LogP contribution in [0.4, 0.5) is 11.4 Å². The van der Waals surface area contributed by atoms with Crippen LogP contribution in [0.25, 0.3) is 0 Å². The van der Waals surface area contributed by atoms with Gasteiger partial charge in [0.2, 0.25) is 15.9 Å². The van der Waals surface area contributed by atoms with E-state index in [2.05, 4.69) is 5.32 Å². The number of aryl methyl sites for hydroxylation is 1. The van der Waals surface area contributed by atoms with E-state index in [4.69, 9.17) is 5.26 Å². The zero-order valence-electron chi connectivity index (χ0n) is 14.1. The first-order chi connectivity index (χ1) is 11.8. The number of benzene rings is 2. The first-order valence-electron chi connectivity index (χ1n) is 7.64. The summed E-state index contributed by atoms with van der Waals surface area (Å²) in [6, 6.07) is 15.6. The van der Waals surface area contributed by atoms with Crippen LogP contribution in [0.5, 0.6) is 0 Å². The maximum Gasteiger partial charge on any atom is 0.232 e. The average molecular weight is 357 g/mol. The summed E-state index contributed by atoms with van der Waals surface area (Å²) in [6.07, 6.45) is 1.10. The van der Waals surface area contributed by atoms with Crippen molar-refractivity contribution in [2.75, 3.05) is 22.4 Å². The average Bonchev–Trinajstić information content (AvgIpc) is 2.56. The van der Waals surface area contributed by atoms with Gasteiger partial charge in [-0.1, -0.05) is 18.2 Å². The third-order valence-corrected chi connectivity index (χ3v) is 4.84. The lowest BCUT2D eigenvalue weighted by atomic mass is 10.2. The molecule has 0 aliphatic heterocycles. The second-order valence-electron chi connectivity index (χ2n) is 5.61. The fraction of sp³-hybridized carbons (Fsp3) is 0.222. The largest absolute Gasteiger partial charge is 0.326 e. The fourth-order valence-corrected chi connectivity index (χ4v) is 3.25. The molecule has 0 spiro atoms. The molecule has 25 heavy (non-hydrogen) atoms. The second kappa shape index (κ2) is 7.81. The van der Waals surface area contributed by atoms with E-state index < -0.39 is 10.0 Å². The van der Waals surface area contributed by atoms with Gasteiger partial charge in [-0.15, -0.1) is 0 Å². The molecule has 0 heterocycles. The van der Waals surface area contributed by atoms with E-state index in [1.165, 1.54) is 0 Å². The Labute approximate surface area is 147 Å². The van der Waals surface area contributed by atoms with Crippen LogP contribution >= 0.6 is 0 Å². The fourth-order valence-electron chi connectivity index (χ4n) is 2.32. The molecule has 0 saturated heterocycles. The van der Waals surface area contributed by atoms with Crippen molar-refractivity contribution in [3.8, 4) is 6.07 Å². The monoisotopic (exact) mass is 357 g/mol. The maximum absolute atomic E-state index is 12.2. The normalized spacial score (nSPS) is 10.8. The molecule has 0 aliphatic carbocycles. The smallest absolute Gasteiger partial charge is 0.232 e. The zero-order valence-corrected chi connectivity index (χ0v) is 14.9. The first kappa shape index (κ1) is 18.5. The lowest BCUT2D eigenvalue weighted by Crippen LogP contribution is -2.33. The molecular formula is C18H19N3O3S. The van der Waals surface area contributed by atoms with E-state index in [1.807, 2.05) is 31.2 Å². The number of nitrogens with one attached hydrogen (secondary N) is 1. The van der Waals surface area contributed by atoms with Crippen molar-refractivity contribution in [1.29, 1.82) is 5.26 Å². The van der Waals surface area contributed by atoms with Gasteiger partial charge in [0.25, 0.3) is 0 Å². The SMILES string of the molecule is Cc1ccccc1NC(=O)CCN(c1ccc(C#N)cc1)S(C)(=O)=O. The van der Waals surface area contributed by atoms with Crippen LogP contribution in [0, 0.1) is 18.3 Å². The number of para-hydroxylation sites is 1. The lowest BCUT2D eigenvalue weighted by Gasteiger charge is -2.22. The van der Waals surface area contributed by atoms with Crippen molar-refractivity contribution in [2.45, 2.75) is 13.3 Å². The van der Waals surface area contributed by atoms with Crippen LogP contribution in [-0.2, 0) is 14.8 Å². The summed E-state index contributed by atoms with van der Waals surface area (Å²) < 4.78 is 25.2. The molecule has 1 N–H and O–H groups in total. The predicted molar refractivity (Wildman–Crippen MR) is 97.8 cm³/mol. The van der Waals surface area contributed by atoms with E-state index in [0.717, 1.165) is 16.1 Å². The molecule has 2 rings (SSSR count). The van der Waals surface area contributed by atoms with Gasteiger partial charge in [-0.05, 0) is 42.8 Å². The number of nitrogens with zero attached hydrogens (tertiary/aromatic N) is 2. The molecule has 0 aliphatic rings. The number of hydrogen-bond acceptors (Lipinski definition) is 4. The van der Waals surface area contributed by atoms with Gasteiger partial charge in [0.15, 0.2) is 0 Å². The van der Waals surface area contributed by atoms with E-state index in [1.54, 1.807) is 30.3 Å². The van der Waals surface area contributed by atoms with Crippen molar-refractivity contribution in [3.05, 3.63) is 59.7 Å². The second-order valence-corrected chi connectivity index (χ2v) is 7.51. The minimum absolute atomic E-state index is 0.0153. The molecule has 1 amide bonds. The third-order valence-electron chi connectivity index (χ3n) is 3.65.